The first-order valence-corrected chi connectivity index (χ1v) is 9.78. The average molecular weight is 363 g/mol. The normalized spacial score (nSPS) is 15.2. The minimum atomic E-state index is 0.750. The molecule has 0 bridgehead atoms. The van der Waals surface area contributed by atoms with E-state index >= 15 is 0 Å². The van der Waals surface area contributed by atoms with E-state index in [0.29, 0.717) is 0 Å². The van der Waals surface area contributed by atoms with Crippen molar-refractivity contribution in [2.75, 3.05) is 58.0 Å². The lowest BCUT2D eigenvalue weighted by molar-refractivity contribution is 0.122. The summed E-state index contributed by atoms with van der Waals surface area (Å²) in [6, 6.07) is 8.55. The smallest absolute Gasteiger partial charge is 0.191 e. The fourth-order valence-corrected chi connectivity index (χ4v) is 2.90. The number of hydrogen-bond acceptors (Lipinski definition) is 4. The van der Waals surface area contributed by atoms with Crippen LogP contribution in [0.15, 0.2) is 29.3 Å². The minimum Gasteiger partial charge on any atom is -0.381 e. The maximum absolute atomic E-state index is 5.59. The number of morpholine rings is 1. The molecule has 6 nitrogen and oxygen atoms in total. The lowest BCUT2D eigenvalue weighted by atomic mass is 10.1. The highest BCUT2D eigenvalue weighted by Gasteiger charge is 2.14. The van der Waals surface area contributed by atoms with Crippen molar-refractivity contribution in [3.63, 3.8) is 0 Å². The molecule has 1 aromatic carbocycles. The van der Waals surface area contributed by atoms with Crippen LogP contribution < -0.4 is 15.5 Å². The molecule has 0 atom stereocenters. The maximum atomic E-state index is 5.59. The van der Waals surface area contributed by atoms with Crippen LogP contribution in [0.5, 0.6) is 0 Å². The van der Waals surface area contributed by atoms with Crippen molar-refractivity contribution < 1.29 is 9.47 Å². The zero-order valence-electron chi connectivity index (χ0n) is 16.3. The molecule has 1 fully saturated rings. The second kappa shape index (κ2) is 12.5. The second-order valence-corrected chi connectivity index (χ2v) is 6.40. The SMILES string of the molecule is CCCCOCCCNC(=NC)NCc1ccccc1N1CCOCC1. The van der Waals surface area contributed by atoms with Gasteiger partial charge >= 0.3 is 0 Å². The van der Waals surface area contributed by atoms with Gasteiger partial charge in [0.2, 0.25) is 0 Å². The molecule has 1 heterocycles. The van der Waals surface area contributed by atoms with Gasteiger partial charge in [-0.2, -0.15) is 0 Å². The zero-order valence-corrected chi connectivity index (χ0v) is 16.3. The van der Waals surface area contributed by atoms with Crippen molar-refractivity contribution >= 4 is 11.6 Å². The highest BCUT2D eigenvalue weighted by molar-refractivity contribution is 5.79. The number of aliphatic imine (C=N–C) groups is 1. The van der Waals surface area contributed by atoms with E-state index in [-0.39, 0.29) is 0 Å². The fraction of sp³-hybridized carbons (Fsp3) is 0.650. The predicted octanol–water partition coefficient (Wildman–Crippen LogP) is 2.39. The molecule has 6 heteroatoms. The van der Waals surface area contributed by atoms with E-state index in [9.17, 15) is 0 Å². The van der Waals surface area contributed by atoms with E-state index in [4.69, 9.17) is 9.47 Å². The number of nitrogens with zero attached hydrogens (tertiary/aromatic N) is 2. The summed E-state index contributed by atoms with van der Waals surface area (Å²) in [4.78, 5) is 6.71. The van der Waals surface area contributed by atoms with Gasteiger partial charge in [-0.25, -0.2) is 0 Å². The number of para-hydroxylation sites is 1. The Kier molecular flexibility index (Phi) is 9.90. The van der Waals surface area contributed by atoms with Gasteiger partial charge < -0.3 is 25.0 Å². The van der Waals surface area contributed by atoms with Crippen molar-refractivity contribution in [2.24, 2.45) is 4.99 Å². The maximum Gasteiger partial charge on any atom is 0.191 e. The zero-order chi connectivity index (χ0) is 18.5. The van der Waals surface area contributed by atoms with Crippen molar-refractivity contribution in [2.45, 2.75) is 32.7 Å². The van der Waals surface area contributed by atoms with E-state index in [2.05, 4.69) is 51.7 Å². The summed E-state index contributed by atoms with van der Waals surface area (Å²) in [6.07, 6.45) is 3.30. The van der Waals surface area contributed by atoms with Gasteiger partial charge in [0.05, 0.1) is 13.2 Å². The van der Waals surface area contributed by atoms with Crippen LogP contribution in [-0.4, -0.2) is 59.1 Å². The van der Waals surface area contributed by atoms with Gasteiger partial charge in [-0.1, -0.05) is 31.5 Å². The fourth-order valence-electron chi connectivity index (χ4n) is 2.90. The molecule has 0 unspecified atom stereocenters. The highest BCUT2D eigenvalue weighted by Crippen LogP contribution is 2.21. The Balaban J connectivity index is 1.74. The van der Waals surface area contributed by atoms with Crippen LogP contribution in [0.4, 0.5) is 5.69 Å². The van der Waals surface area contributed by atoms with Gasteiger partial charge in [-0.3, -0.25) is 4.99 Å². The molecule has 1 aliphatic rings. The molecule has 0 spiro atoms. The largest absolute Gasteiger partial charge is 0.381 e. The highest BCUT2D eigenvalue weighted by atomic mass is 16.5. The first-order valence-electron chi connectivity index (χ1n) is 9.78. The monoisotopic (exact) mass is 362 g/mol. The van der Waals surface area contributed by atoms with Crippen LogP contribution >= 0.6 is 0 Å². The topological polar surface area (TPSA) is 58.1 Å². The van der Waals surface area contributed by atoms with E-state index in [1.807, 2.05) is 0 Å². The summed E-state index contributed by atoms with van der Waals surface area (Å²) in [5.41, 5.74) is 2.56. The standard InChI is InChI=1S/C20H34N4O2/c1-3-4-13-25-14-7-10-22-20(21-2)23-17-18-8-5-6-9-19(18)24-11-15-26-16-12-24/h5-6,8-9H,3-4,7,10-17H2,1-2H3,(H2,21,22,23). The van der Waals surface area contributed by atoms with Crippen molar-refractivity contribution in [1.29, 1.82) is 0 Å². The van der Waals surface area contributed by atoms with Gasteiger partial charge in [-0.05, 0) is 24.5 Å². The number of unbranched alkanes of at least 4 members (excludes halogenated alkanes) is 1. The van der Waals surface area contributed by atoms with Crippen LogP contribution in [0.3, 0.4) is 0 Å². The lowest BCUT2D eigenvalue weighted by Gasteiger charge is -2.30. The van der Waals surface area contributed by atoms with E-state index in [1.54, 1.807) is 7.05 Å². The lowest BCUT2D eigenvalue weighted by Crippen LogP contribution is -2.39. The Morgan fingerprint density at radius 2 is 1.92 bits per heavy atom. The molecule has 2 N–H and O–H groups in total. The summed E-state index contributed by atoms with van der Waals surface area (Å²) in [6.45, 7) is 8.93. The Labute approximate surface area is 158 Å². The number of anilines is 1. The molecule has 0 aliphatic carbocycles. The third-order valence-electron chi connectivity index (χ3n) is 4.41. The van der Waals surface area contributed by atoms with Crippen LogP contribution in [0.2, 0.25) is 0 Å². The molecule has 146 valence electrons. The molecule has 0 amide bonds. The molecule has 1 aromatic rings. The minimum absolute atomic E-state index is 0.750. The van der Waals surface area contributed by atoms with Crippen LogP contribution in [0.1, 0.15) is 31.7 Å². The molecular formula is C20H34N4O2. The van der Waals surface area contributed by atoms with Crippen LogP contribution in [0.25, 0.3) is 0 Å². The number of guanidine groups is 1. The quantitative estimate of drug-likeness (QED) is 0.380. The molecule has 1 saturated heterocycles. The van der Waals surface area contributed by atoms with E-state index in [1.165, 1.54) is 17.7 Å². The van der Waals surface area contributed by atoms with Gasteiger partial charge in [0, 0.05) is 52.1 Å². The molecule has 1 aliphatic heterocycles. The van der Waals surface area contributed by atoms with Gasteiger partial charge in [0.1, 0.15) is 0 Å². The first-order chi connectivity index (χ1) is 12.8. The molecule has 0 aromatic heterocycles. The van der Waals surface area contributed by atoms with Crippen molar-refractivity contribution in [3.05, 3.63) is 29.8 Å². The Hall–Kier alpha value is -1.79. The summed E-state index contributed by atoms with van der Waals surface area (Å²) < 4.78 is 11.1. The van der Waals surface area contributed by atoms with Gasteiger partial charge in [0.25, 0.3) is 0 Å². The number of nitrogens with one attached hydrogen (secondary N) is 2. The first kappa shape index (κ1) is 20.5. The van der Waals surface area contributed by atoms with Gasteiger partial charge in [-0.15, -0.1) is 0 Å². The molecular weight excluding hydrogens is 328 g/mol. The Morgan fingerprint density at radius 1 is 1.15 bits per heavy atom. The van der Waals surface area contributed by atoms with Crippen molar-refractivity contribution in [1.82, 2.24) is 10.6 Å². The summed E-state index contributed by atoms with van der Waals surface area (Å²) >= 11 is 0. The summed E-state index contributed by atoms with van der Waals surface area (Å²) in [5, 5.41) is 6.77. The van der Waals surface area contributed by atoms with E-state index in [0.717, 1.165) is 71.4 Å². The second-order valence-electron chi connectivity index (χ2n) is 6.40. The summed E-state index contributed by atoms with van der Waals surface area (Å²) in [5.74, 6) is 0.829. The number of benzene rings is 1. The Morgan fingerprint density at radius 3 is 2.69 bits per heavy atom. The Bertz CT molecular complexity index is 530. The third kappa shape index (κ3) is 7.22. The predicted molar refractivity (Wildman–Crippen MR) is 108 cm³/mol. The molecule has 0 radical (unpaired) electrons. The van der Waals surface area contributed by atoms with Crippen LogP contribution in [-0.2, 0) is 16.0 Å². The number of ether oxygens (including phenoxy) is 2. The van der Waals surface area contributed by atoms with Gasteiger partial charge in [0.15, 0.2) is 5.96 Å². The van der Waals surface area contributed by atoms with Crippen LogP contribution in [0, 0.1) is 0 Å². The molecule has 0 saturated carbocycles. The third-order valence-corrected chi connectivity index (χ3v) is 4.41. The number of hydrogen-bond donors (Lipinski definition) is 2. The van der Waals surface area contributed by atoms with Crippen molar-refractivity contribution in [3.8, 4) is 0 Å². The molecule has 26 heavy (non-hydrogen) atoms. The van der Waals surface area contributed by atoms with E-state index < -0.39 is 0 Å². The number of rotatable bonds is 10. The summed E-state index contributed by atoms with van der Waals surface area (Å²) in [7, 11) is 1.81. The molecule has 2 rings (SSSR count). The average Bonchev–Trinajstić information content (AvgIpc) is 2.70.